The largest absolute Gasteiger partial charge is 0.368 e. The van der Waals surface area contributed by atoms with Gasteiger partial charge >= 0.3 is 0 Å². The zero-order valence-corrected chi connectivity index (χ0v) is 12.7. The number of piperazine rings is 1. The second kappa shape index (κ2) is 5.18. The topological polar surface area (TPSA) is 40.1 Å². The Morgan fingerprint density at radius 3 is 2.33 bits per heavy atom. The molecule has 1 N–H and O–H groups in total. The van der Waals surface area contributed by atoms with Gasteiger partial charge in [0.05, 0.1) is 0 Å². The summed E-state index contributed by atoms with van der Waals surface area (Å²) in [7, 11) is 0. The summed E-state index contributed by atoms with van der Waals surface area (Å²) in [5.41, 5.74) is 1.30. The van der Waals surface area contributed by atoms with Gasteiger partial charge in [-0.2, -0.15) is 0 Å². The number of aromatic nitrogens is 3. The van der Waals surface area contributed by atoms with Gasteiger partial charge in [-0.25, -0.2) is 5.10 Å². The summed E-state index contributed by atoms with van der Waals surface area (Å²) in [5, 5.41) is 7.41. The molecule has 6 heteroatoms. The number of rotatable bonds is 3. The van der Waals surface area contributed by atoms with E-state index in [1.807, 2.05) is 0 Å². The van der Waals surface area contributed by atoms with Gasteiger partial charge in [0.2, 0.25) is 5.95 Å². The fourth-order valence-corrected chi connectivity index (χ4v) is 3.26. The first-order chi connectivity index (χ1) is 10.3. The highest BCUT2D eigenvalue weighted by atomic mass is 32.1. The predicted octanol–water partition coefficient (Wildman–Crippen LogP) is 2.60. The van der Waals surface area contributed by atoms with E-state index in [-0.39, 0.29) is 0 Å². The van der Waals surface area contributed by atoms with E-state index in [4.69, 9.17) is 12.2 Å². The van der Waals surface area contributed by atoms with Crippen LogP contribution >= 0.6 is 12.2 Å². The molecule has 1 saturated carbocycles. The lowest BCUT2D eigenvalue weighted by Gasteiger charge is -2.36. The molecule has 21 heavy (non-hydrogen) atoms. The molecule has 0 atom stereocenters. The molecule has 110 valence electrons. The van der Waals surface area contributed by atoms with Gasteiger partial charge in [0, 0.05) is 37.9 Å². The SMILES string of the molecule is S=c1[nH]nc(N2CCN(c3ccccc3)CC2)n1C1CC1. The maximum absolute atomic E-state index is 5.37. The first kappa shape index (κ1) is 12.9. The zero-order valence-electron chi connectivity index (χ0n) is 11.9. The molecule has 0 spiro atoms. The Bertz CT molecular complexity index is 665. The van der Waals surface area contributed by atoms with Crippen LogP contribution in [0.15, 0.2) is 30.3 Å². The van der Waals surface area contributed by atoms with Crippen molar-refractivity contribution in [3.05, 3.63) is 35.1 Å². The van der Waals surface area contributed by atoms with Gasteiger partial charge in [0.1, 0.15) is 0 Å². The number of hydrogen-bond acceptors (Lipinski definition) is 4. The van der Waals surface area contributed by atoms with Crippen molar-refractivity contribution in [1.82, 2.24) is 14.8 Å². The predicted molar refractivity (Wildman–Crippen MR) is 86.6 cm³/mol. The van der Waals surface area contributed by atoms with E-state index < -0.39 is 0 Å². The lowest BCUT2D eigenvalue weighted by atomic mass is 10.2. The maximum atomic E-state index is 5.37. The van der Waals surface area contributed by atoms with Gasteiger partial charge < -0.3 is 9.80 Å². The van der Waals surface area contributed by atoms with E-state index in [9.17, 15) is 0 Å². The molecule has 2 aliphatic rings. The van der Waals surface area contributed by atoms with Crippen LogP contribution < -0.4 is 9.80 Å². The van der Waals surface area contributed by atoms with E-state index in [1.165, 1.54) is 18.5 Å². The Morgan fingerprint density at radius 2 is 1.67 bits per heavy atom. The summed E-state index contributed by atoms with van der Waals surface area (Å²) in [6, 6.07) is 11.2. The molecule has 2 aromatic rings. The second-order valence-corrected chi connectivity index (χ2v) is 6.13. The molecule has 2 fully saturated rings. The summed E-state index contributed by atoms with van der Waals surface area (Å²) in [4.78, 5) is 4.78. The monoisotopic (exact) mass is 301 g/mol. The van der Waals surface area contributed by atoms with E-state index in [1.54, 1.807) is 0 Å². The maximum Gasteiger partial charge on any atom is 0.226 e. The molecule has 1 aliphatic heterocycles. The summed E-state index contributed by atoms with van der Waals surface area (Å²) in [6.07, 6.45) is 2.45. The molecule has 1 aromatic heterocycles. The Balaban J connectivity index is 1.49. The minimum absolute atomic E-state index is 0.568. The number of hydrogen-bond donors (Lipinski definition) is 1. The van der Waals surface area contributed by atoms with Crippen molar-refractivity contribution in [2.24, 2.45) is 0 Å². The van der Waals surface area contributed by atoms with Crippen molar-refractivity contribution in [2.45, 2.75) is 18.9 Å². The molecular formula is C15H19N5S. The Kier molecular flexibility index (Phi) is 3.18. The van der Waals surface area contributed by atoms with Gasteiger partial charge in [-0.1, -0.05) is 18.2 Å². The Labute approximate surface area is 129 Å². The highest BCUT2D eigenvalue weighted by Crippen LogP contribution is 2.38. The minimum atomic E-state index is 0.568. The van der Waals surface area contributed by atoms with Gasteiger partial charge in [-0.05, 0) is 37.2 Å². The minimum Gasteiger partial charge on any atom is -0.368 e. The highest BCUT2D eigenvalue weighted by molar-refractivity contribution is 7.71. The zero-order chi connectivity index (χ0) is 14.2. The number of aromatic amines is 1. The summed E-state index contributed by atoms with van der Waals surface area (Å²) in [6.45, 7) is 4.02. The third-order valence-electron chi connectivity index (χ3n) is 4.28. The van der Waals surface area contributed by atoms with Crippen LogP contribution in [0.4, 0.5) is 11.6 Å². The fraction of sp³-hybridized carbons (Fsp3) is 0.467. The third-order valence-corrected chi connectivity index (χ3v) is 4.57. The molecule has 0 bridgehead atoms. The average Bonchev–Trinajstić information content (AvgIpc) is 3.31. The van der Waals surface area contributed by atoms with Crippen LogP contribution in [0.25, 0.3) is 0 Å². The lowest BCUT2D eigenvalue weighted by molar-refractivity contribution is 0.613. The van der Waals surface area contributed by atoms with Crippen molar-refractivity contribution in [3.8, 4) is 0 Å². The molecule has 0 radical (unpaired) electrons. The van der Waals surface area contributed by atoms with E-state index in [0.29, 0.717) is 6.04 Å². The first-order valence-electron chi connectivity index (χ1n) is 7.55. The number of para-hydroxylation sites is 1. The standard InChI is InChI=1S/C15H19N5S/c21-15-17-16-14(20(15)13-6-7-13)19-10-8-18(9-11-19)12-4-2-1-3-5-12/h1-5,13H,6-11H2,(H,17,21). The third kappa shape index (κ3) is 2.44. The van der Waals surface area contributed by atoms with Crippen LogP contribution in [0.3, 0.4) is 0 Å². The van der Waals surface area contributed by atoms with Crippen molar-refractivity contribution in [2.75, 3.05) is 36.0 Å². The molecule has 2 heterocycles. The van der Waals surface area contributed by atoms with Gasteiger partial charge in [-0.3, -0.25) is 4.57 Å². The van der Waals surface area contributed by atoms with Crippen LogP contribution in [0, 0.1) is 4.77 Å². The van der Waals surface area contributed by atoms with Crippen LogP contribution in [0.1, 0.15) is 18.9 Å². The number of nitrogens with one attached hydrogen (secondary N) is 1. The Hall–Kier alpha value is -1.82. The fourth-order valence-electron chi connectivity index (χ4n) is 2.98. The van der Waals surface area contributed by atoms with E-state index in [2.05, 4.69) is 54.9 Å². The molecule has 5 nitrogen and oxygen atoms in total. The van der Waals surface area contributed by atoms with Crippen LogP contribution in [0.2, 0.25) is 0 Å². The van der Waals surface area contributed by atoms with Crippen LogP contribution in [0.5, 0.6) is 0 Å². The normalized spacial score (nSPS) is 19.0. The lowest BCUT2D eigenvalue weighted by Crippen LogP contribution is -2.47. The summed E-state index contributed by atoms with van der Waals surface area (Å²) in [5.74, 6) is 1.02. The van der Waals surface area contributed by atoms with Crippen molar-refractivity contribution in [3.63, 3.8) is 0 Å². The molecule has 1 aliphatic carbocycles. The molecule has 1 aromatic carbocycles. The second-order valence-electron chi connectivity index (χ2n) is 5.74. The van der Waals surface area contributed by atoms with E-state index in [0.717, 1.165) is 36.9 Å². The summed E-state index contributed by atoms with van der Waals surface area (Å²) < 4.78 is 2.96. The summed E-state index contributed by atoms with van der Waals surface area (Å²) >= 11 is 5.37. The van der Waals surface area contributed by atoms with Gasteiger partial charge in [-0.15, -0.1) is 5.10 Å². The van der Waals surface area contributed by atoms with E-state index >= 15 is 0 Å². The number of nitrogens with zero attached hydrogens (tertiary/aromatic N) is 4. The molecule has 1 saturated heterocycles. The highest BCUT2D eigenvalue weighted by Gasteiger charge is 2.30. The first-order valence-corrected chi connectivity index (χ1v) is 7.95. The average molecular weight is 301 g/mol. The Morgan fingerprint density at radius 1 is 1.00 bits per heavy atom. The van der Waals surface area contributed by atoms with Crippen molar-refractivity contribution < 1.29 is 0 Å². The quantitative estimate of drug-likeness (QED) is 0.885. The van der Waals surface area contributed by atoms with Crippen molar-refractivity contribution >= 4 is 23.9 Å². The molecule has 4 rings (SSSR count). The van der Waals surface area contributed by atoms with Crippen LogP contribution in [-0.2, 0) is 0 Å². The molecule has 0 amide bonds. The molecular weight excluding hydrogens is 282 g/mol. The number of benzene rings is 1. The van der Waals surface area contributed by atoms with Gasteiger partial charge in [0.25, 0.3) is 0 Å². The van der Waals surface area contributed by atoms with Gasteiger partial charge in [0.15, 0.2) is 4.77 Å². The van der Waals surface area contributed by atoms with Crippen LogP contribution in [-0.4, -0.2) is 40.9 Å². The number of anilines is 2. The smallest absolute Gasteiger partial charge is 0.226 e. The van der Waals surface area contributed by atoms with Crippen molar-refractivity contribution in [1.29, 1.82) is 0 Å². The number of H-pyrrole nitrogens is 1. The molecule has 0 unspecified atom stereocenters.